The third-order valence-electron chi connectivity index (χ3n) is 3.92. The van der Waals surface area contributed by atoms with E-state index in [2.05, 4.69) is 26.3 Å². The van der Waals surface area contributed by atoms with Gasteiger partial charge in [0.25, 0.3) is 0 Å². The molecule has 1 aromatic carbocycles. The van der Waals surface area contributed by atoms with Crippen molar-refractivity contribution in [2.75, 3.05) is 11.9 Å². The number of benzene rings is 1. The molecule has 0 amide bonds. The summed E-state index contributed by atoms with van der Waals surface area (Å²) >= 11 is 0. The first-order chi connectivity index (χ1) is 11.2. The van der Waals surface area contributed by atoms with Crippen molar-refractivity contribution in [2.24, 2.45) is 0 Å². The van der Waals surface area contributed by atoms with Crippen LogP contribution >= 0.6 is 0 Å². The highest BCUT2D eigenvalue weighted by Crippen LogP contribution is 2.28. The van der Waals surface area contributed by atoms with E-state index in [1.54, 1.807) is 10.9 Å². The van der Waals surface area contributed by atoms with E-state index in [-0.39, 0.29) is 6.23 Å². The minimum absolute atomic E-state index is 0.112. The SMILES string of the molecule is Cc1cccc(CNc2nc(F)nc3c2ncn3C2CCO2)c1. The predicted octanol–water partition coefficient (Wildman–Crippen LogP) is 2.80. The molecule has 7 heteroatoms. The molecule has 0 aliphatic carbocycles. The first-order valence-electron chi connectivity index (χ1n) is 7.52. The number of imidazole rings is 1. The molecular formula is C16H16FN5O. The van der Waals surface area contributed by atoms with Gasteiger partial charge in [0, 0.05) is 13.0 Å². The zero-order valence-corrected chi connectivity index (χ0v) is 12.7. The fourth-order valence-electron chi connectivity index (χ4n) is 2.67. The third kappa shape index (κ3) is 2.63. The molecule has 0 saturated carbocycles. The van der Waals surface area contributed by atoms with Crippen LogP contribution in [0.5, 0.6) is 0 Å². The van der Waals surface area contributed by atoms with E-state index in [1.807, 2.05) is 25.1 Å². The summed E-state index contributed by atoms with van der Waals surface area (Å²) in [5.41, 5.74) is 3.28. The van der Waals surface area contributed by atoms with Gasteiger partial charge in [-0.2, -0.15) is 14.4 Å². The number of hydrogen-bond donors (Lipinski definition) is 1. The molecule has 1 fully saturated rings. The fourth-order valence-corrected chi connectivity index (χ4v) is 2.67. The Bertz CT molecular complexity index is 859. The Morgan fingerprint density at radius 1 is 1.39 bits per heavy atom. The van der Waals surface area contributed by atoms with Crippen molar-refractivity contribution in [3.05, 3.63) is 47.8 Å². The molecule has 1 aliphatic heterocycles. The molecule has 3 heterocycles. The van der Waals surface area contributed by atoms with Gasteiger partial charge in [0.05, 0.1) is 12.9 Å². The number of aromatic nitrogens is 4. The van der Waals surface area contributed by atoms with Gasteiger partial charge in [-0.15, -0.1) is 0 Å². The lowest BCUT2D eigenvalue weighted by atomic mass is 10.1. The van der Waals surface area contributed by atoms with Gasteiger partial charge >= 0.3 is 6.08 Å². The fraction of sp³-hybridized carbons (Fsp3) is 0.312. The number of halogens is 1. The van der Waals surface area contributed by atoms with Crippen LogP contribution in [0.3, 0.4) is 0 Å². The van der Waals surface area contributed by atoms with Crippen molar-refractivity contribution in [1.82, 2.24) is 19.5 Å². The summed E-state index contributed by atoms with van der Waals surface area (Å²) in [5.74, 6) is 0.395. The molecule has 23 heavy (non-hydrogen) atoms. The van der Waals surface area contributed by atoms with Crippen molar-refractivity contribution in [1.29, 1.82) is 0 Å². The van der Waals surface area contributed by atoms with Crippen LogP contribution in [0.2, 0.25) is 0 Å². The van der Waals surface area contributed by atoms with Gasteiger partial charge in [-0.3, -0.25) is 4.57 Å². The smallest absolute Gasteiger partial charge is 0.312 e. The van der Waals surface area contributed by atoms with Crippen LogP contribution in [0.25, 0.3) is 11.2 Å². The molecule has 0 radical (unpaired) electrons. The number of nitrogens with zero attached hydrogens (tertiary/aromatic N) is 4. The van der Waals surface area contributed by atoms with E-state index in [1.165, 1.54) is 5.56 Å². The number of rotatable bonds is 4. The summed E-state index contributed by atoms with van der Waals surface area (Å²) < 4.78 is 21.0. The summed E-state index contributed by atoms with van der Waals surface area (Å²) in [7, 11) is 0. The van der Waals surface area contributed by atoms with Crippen LogP contribution in [0.4, 0.5) is 10.2 Å². The Kier molecular flexibility index (Phi) is 3.42. The monoisotopic (exact) mass is 313 g/mol. The van der Waals surface area contributed by atoms with Crippen molar-refractivity contribution < 1.29 is 9.13 Å². The highest BCUT2D eigenvalue weighted by atomic mass is 19.1. The van der Waals surface area contributed by atoms with Crippen LogP contribution in [0.15, 0.2) is 30.6 Å². The van der Waals surface area contributed by atoms with Crippen molar-refractivity contribution >= 4 is 17.0 Å². The minimum Gasteiger partial charge on any atom is -0.364 e. The maximum absolute atomic E-state index is 13.8. The molecule has 1 atom stereocenters. The highest BCUT2D eigenvalue weighted by Gasteiger charge is 2.24. The Morgan fingerprint density at radius 3 is 3.00 bits per heavy atom. The second-order valence-electron chi connectivity index (χ2n) is 5.62. The van der Waals surface area contributed by atoms with Crippen LogP contribution in [0.1, 0.15) is 23.8 Å². The Hall–Kier alpha value is -2.54. The summed E-state index contributed by atoms with van der Waals surface area (Å²) in [4.78, 5) is 12.0. The lowest BCUT2D eigenvalue weighted by Crippen LogP contribution is -2.24. The quantitative estimate of drug-likeness (QED) is 0.750. The standard InChI is InChI=1S/C16H16FN5O/c1-10-3-2-4-11(7-10)8-18-14-13-15(21-16(17)20-14)22(9-19-13)12-5-6-23-12/h2-4,7,9,12H,5-6,8H2,1H3,(H,18,20,21). The molecule has 1 aliphatic rings. The van der Waals surface area contributed by atoms with Crippen LogP contribution in [-0.2, 0) is 11.3 Å². The molecule has 0 bridgehead atoms. The minimum atomic E-state index is -0.773. The number of anilines is 1. The molecular weight excluding hydrogens is 297 g/mol. The third-order valence-corrected chi connectivity index (χ3v) is 3.92. The largest absolute Gasteiger partial charge is 0.364 e. The van der Waals surface area contributed by atoms with Crippen molar-refractivity contribution in [3.8, 4) is 0 Å². The molecule has 0 spiro atoms. The number of ether oxygens (including phenoxy) is 1. The van der Waals surface area contributed by atoms with E-state index in [9.17, 15) is 4.39 Å². The second-order valence-corrected chi connectivity index (χ2v) is 5.62. The summed E-state index contributed by atoms with van der Waals surface area (Å²) in [6, 6.07) is 8.11. The van der Waals surface area contributed by atoms with E-state index in [4.69, 9.17) is 4.74 Å². The van der Waals surface area contributed by atoms with Crippen molar-refractivity contribution in [2.45, 2.75) is 26.1 Å². The van der Waals surface area contributed by atoms with E-state index in [0.717, 1.165) is 12.0 Å². The maximum Gasteiger partial charge on any atom is 0.312 e. The molecule has 6 nitrogen and oxygen atoms in total. The lowest BCUT2D eigenvalue weighted by Gasteiger charge is -2.27. The van der Waals surface area contributed by atoms with Crippen LogP contribution < -0.4 is 5.32 Å². The lowest BCUT2D eigenvalue weighted by molar-refractivity contribution is -0.0974. The first kappa shape index (κ1) is 14.1. The predicted molar refractivity (Wildman–Crippen MR) is 83.4 cm³/mol. The van der Waals surface area contributed by atoms with Gasteiger partial charge < -0.3 is 10.1 Å². The molecule has 3 aromatic rings. The summed E-state index contributed by atoms with van der Waals surface area (Å²) in [5, 5.41) is 3.15. The van der Waals surface area contributed by atoms with Gasteiger partial charge in [0.2, 0.25) is 0 Å². The summed E-state index contributed by atoms with van der Waals surface area (Å²) in [6.45, 7) is 3.28. The second kappa shape index (κ2) is 5.58. The zero-order valence-electron chi connectivity index (χ0n) is 12.7. The average molecular weight is 313 g/mol. The van der Waals surface area contributed by atoms with Gasteiger partial charge in [0.15, 0.2) is 17.0 Å². The highest BCUT2D eigenvalue weighted by molar-refractivity contribution is 5.82. The molecule has 4 rings (SSSR count). The molecule has 1 N–H and O–H groups in total. The first-order valence-corrected chi connectivity index (χ1v) is 7.52. The topological polar surface area (TPSA) is 64.9 Å². The Balaban J connectivity index is 1.65. The maximum atomic E-state index is 13.8. The Morgan fingerprint density at radius 2 is 2.26 bits per heavy atom. The average Bonchev–Trinajstić information content (AvgIpc) is 2.87. The Labute approximate surface area is 132 Å². The number of hydrogen-bond acceptors (Lipinski definition) is 5. The van der Waals surface area contributed by atoms with E-state index < -0.39 is 6.08 Å². The molecule has 1 unspecified atom stereocenters. The van der Waals surface area contributed by atoms with Gasteiger partial charge in [0.1, 0.15) is 6.23 Å². The zero-order chi connectivity index (χ0) is 15.8. The summed E-state index contributed by atoms with van der Waals surface area (Å²) in [6.07, 6.45) is 1.62. The van der Waals surface area contributed by atoms with Gasteiger partial charge in [-0.25, -0.2) is 4.98 Å². The normalized spacial score (nSPS) is 17.2. The van der Waals surface area contributed by atoms with E-state index in [0.29, 0.717) is 30.1 Å². The van der Waals surface area contributed by atoms with Crippen LogP contribution in [-0.4, -0.2) is 26.1 Å². The van der Waals surface area contributed by atoms with Gasteiger partial charge in [-0.05, 0) is 12.5 Å². The molecule has 1 saturated heterocycles. The number of fused-ring (bicyclic) bond motifs is 1. The number of aryl methyl sites for hydroxylation is 1. The van der Waals surface area contributed by atoms with E-state index >= 15 is 0 Å². The number of nitrogens with one attached hydrogen (secondary N) is 1. The molecule has 118 valence electrons. The van der Waals surface area contributed by atoms with Gasteiger partial charge in [-0.1, -0.05) is 29.8 Å². The van der Waals surface area contributed by atoms with Crippen LogP contribution in [0, 0.1) is 13.0 Å². The van der Waals surface area contributed by atoms with Crippen molar-refractivity contribution in [3.63, 3.8) is 0 Å². The molecule has 2 aromatic heterocycles.